The monoisotopic (exact) mass is 393 g/mol. The van der Waals surface area contributed by atoms with Crippen molar-refractivity contribution in [2.45, 2.75) is 6.92 Å². The Hall–Kier alpha value is -2.84. The van der Waals surface area contributed by atoms with Crippen LogP contribution < -0.4 is 0 Å². The first kappa shape index (κ1) is 17.6. The van der Waals surface area contributed by atoms with E-state index in [9.17, 15) is 4.79 Å². The Balaban J connectivity index is 1.69. The zero-order chi connectivity index (χ0) is 18.8. The third-order valence-electron chi connectivity index (χ3n) is 3.83. The minimum absolute atomic E-state index is 0.0915. The molecule has 1 aliphatic rings. The van der Waals surface area contributed by atoms with Gasteiger partial charge in [-0.3, -0.25) is 14.7 Å². The van der Waals surface area contributed by atoms with Crippen LogP contribution in [0.15, 0.2) is 59.1 Å². The van der Waals surface area contributed by atoms with E-state index in [1.807, 2.05) is 43.3 Å². The van der Waals surface area contributed by atoms with Crippen LogP contribution in [0.4, 0.5) is 5.13 Å². The first-order valence-electron chi connectivity index (χ1n) is 8.20. The summed E-state index contributed by atoms with van der Waals surface area (Å²) in [6.07, 6.45) is 5.33. The molecule has 1 amide bonds. The summed E-state index contributed by atoms with van der Waals surface area (Å²) in [5.41, 5.74) is 1.87. The Kier molecular flexibility index (Phi) is 4.83. The van der Waals surface area contributed by atoms with Crippen LogP contribution in [0.5, 0.6) is 0 Å². The lowest BCUT2D eigenvalue weighted by Crippen LogP contribution is -2.29. The molecule has 2 aromatic heterocycles. The number of carbonyl (C=O) groups is 1. The van der Waals surface area contributed by atoms with Gasteiger partial charge in [-0.25, -0.2) is 0 Å². The predicted molar refractivity (Wildman–Crippen MR) is 111 cm³/mol. The van der Waals surface area contributed by atoms with E-state index in [-0.39, 0.29) is 5.91 Å². The number of aliphatic imine (C=N–C) groups is 1. The summed E-state index contributed by atoms with van der Waals surface area (Å²) in [5, 5.41) is 11.0. The van der Waals surface area contributed by atoms with Crippen molar-refractivity contribution in [3.63, 3.8) is 0 Å². The Morgan fingerprint density at radius 1 is 1.30 bits per heavy atom. The topological polar surface area (TPSA) is 71.3 Å². The van der Waals surface area contributed by atoms with Gasteiger partial charge in [0, 0.05) is 18.1 Å². The highest BCUT2D eigenvalue weighted by Gasteiger charge is 2.32. The van der Waals surface area contributed by atoms with Gasteiger partial charge in [0.15, 0.2) is 5.17 Å². The van der Waals surface area contributed by atoms with Gasteiger partial charge in [0.25, 0.3) is 5.91 Å². The molecule has 1 saturated heterocycles. The van der Waals surface area contributed by atoms with Gasteiger partial charge < -0.3 is 0 Å². The minimum Gasteiger partial charge on any atom is -0.282 e. The largest absolute Gasteiger partial charge is 0.282 e. The second-order valence-corrected chi connectivity index (χ2v) is 7.94. The highest BCUT2D eigenvalue weighted by molar-refractivity contribution is 8.18. The fourth-order valence-electron chi connectivity index (χ4n) is 2.63. The average molecular weight is 393 g/mol. The molecule has 0 aliphatic carbocycles. The molecule has 0 bridgehead atoms. The van der Waals surface area contributed by atoms with Gasteiger partial charge in [-0.2, -0.15) is 4.99 Å². The molecular formula is C19H15N5OS2. The maximum atomic E-state index is 12.8. The molecular weight excluding hydrogens is 378 g/mol. The first-order valence-corrected chi connectivity index (χ1v) is 9.83. The molecule has 0 unspecified atom stereocenters. The van der Waals surface area contributed by atoms with E-state index in [0.717, 1.165) is 21.5 Å². The van der Waals surface area contributed by atoms with Crippen LogP contribution in [-0.2, 0) is 4.79 Å². The third-order valence-corrected chi connectivity index (χ3v) is 5.57. The second kappa shape index (κ2) is 7.42. The molecule has 134 valence electrons. The van der Waals surface area contributed by atoms with Crippen molar-refractivity contribution in [1.29, 1.82) is 0 Å². The van der Waals surface area contributed by atoms with E-state index >= 15 is 0 Å². The molecule has 0 saturated carbocycles. The number of aromatic nitrogens is 3. The second-order valence-electron chi connectivity index (χ2n) is 5.77. The molecule has 8 heteroatoms. The van der Waals surface area contributed by atoms with E-state index in [2.05, 4.69) is 26.8 Å². The van der Waals surface area contributed by atoms with Gasteiger partial charge in [0.05, 0.1) is 10.4 Å². The summed E-state index contributed by atoms with van der Waals surface area (Å²) < 4.78 is 0. The number of benzene rings is 1. The quantitative estimate of drug-likeness (QED) is 0.491. The van der Waals surface area contributed by atoms with Crippen molar-refractivity contribution >= 4 is 56.3 Å². The van der Waals surface area contributed by atoms with Crippen LogP contribution in [0, 0.1) is 6.92 Å². The molecule has 1 aromatic carbocycles. The number of thioether (sulfide) groups is 1. The summed E-state index contributed by atoms with van der Waals surface area (Å²) in [4.78, 5) is 23.9. The molecule has 0 N–H and O–H groups in total. The van der Waals surface area contributed by atoms with Gasteiger partial charge in [0.2, 0.25) is 5.13 Å². The van der Waals surface area contributed by atoms with Gasteiger partial charge in [-0.05, 0) is 48.5 Å². The number of fused-ring (bicyclic) bond motifs is 1. The summed E-state index contributed by atoms with van der Waals surface area (Å²) in [6.45, 7) is 6.00. The molecule has 3 aromatic rings. The Morgan fingerprint density at radius 2 is 2.19 bits per heavy atom. The fraction of sp³-hybridized carbons (Fsp3) is 0.105. The van der Waals surface area contributed by atoms with Crippen LogP contribution in [0.25, 0.3) is 17.0 Å². The zero-order valence-electron chi connectivity index (χ0n) is 14.5. The Morgan fingerprint density at radius 3 is 2.96 bits per heavy atom. The summed E-state index contributed by atoms with van der Waals surface area (Å²) in [7, 11) is 0. The summed E-state index contributed by atoms with van der Waals surface area (Å²) in [6, 6.07) is 9.83. The SMILES string of the molecule is C=CCN1C(=O)/C(=C\c2ccc3ncccc3c2)S/C1=N/c1nnc(C)s1. The lowest BCUT2D eigenvalue weighted by molar-refractivity contribution is -0.121. The van der Waals surface area contributed by atoms with Crippen LogP contribution in [-0.4, -0.2) is 37.7 Å². The molecule has 0 atom stereocenters. The van der Waals surface area contributed by atoms with Crippen molar-refractivity contribution < 1.29 is 4.79 Å². The van der Waals surface area contributed by atoms with Crippen LogP contribution in [0.1, 0.15) is 10.6 Å². The number of nitrogens with zero attached hydrogens (tertiary/aromatic N) is 5. The van der Waals surface area contributed by atoms with Crippen molar-refractivity contribution in [1.82, 2.24) is 20.1 Å². The van der Waals surface area contributed by atoms with Crippen molar-refractivity contribution in [3.05, 3.63) is 64.7 Å². The Labute approximate surface area is 164 Å². The number of amidine groups is 1. The third kappa shape index (κ3) is 3.67. The van der Waals surface area contributed by atoms with Crippen molar-refractivity contribution in [3.8, 4) is 0 Å². The zero-order valence-corrected chi connectivity index (χ0v) is 16.1. The van der Waals surface area contributed by atoms with Crippen LogP contribution in [0.3, 0.4) is 0 Å². The van der Waals surface area contributed by atoms with Crippen LogP contribution in [0.2, 0.25) is 0 Å². The number of hydrogen-bond acceptors (Lipinski definition) is 7. The number of hydrogen-bond donors (Lipinski definition) is 0. The van der Waals surface area contributed by atoms with Crippen molar-refractivity contribution in [2.24, 2.45) is 4.99 Å². The molecule has 6 nitrogen and oxygen atoms in total. The van der Waals surface area contributed by atoms with Gasteiger partial charge in [-0.1, -0.05) is 29.5 Å². The predicted octanol–water partition coefficient (Wildman–Crippen LogP) is 4.18. The lowest BCUT2D eigenvalue weighted by atomic mass is 10.1. The van der Waals surface area contributed by atoms with Crippen LogP contribution >= 0.6 is 23.1 Å². The number of aryl methyl sites for hydroxylation is 1. The molecule has 0 spiro atoms. The average Bonchev–Trinajstić information content (AvgIpc) is 3.20. The van der Waals surface area contributed by atoms with Gasteiger partial charge >= 0.3 is 0 Å². The number of carbonyl (C=O) groups excluding carboxylic acids is 1. The molecule has 4 rings (SSSR count). The molecule has 0 radical (unpaired) electrons. The maximum Gasteiger partial charge on any atom is 0.267 e. The van der Waals surface area contributed by atoms with E-state index in [1.54, 1.807) is 17.2 Å². The summed E-state index contributed by atoms with van der Waals surface area (Å²) in [5.74, 6) is -0.0915. The molecule has 3 heterocycles. The molecule has 1 fully saturated rings. The normalized spacial score (nSPS) is 17.4. The van der Waals surface area contributed by atoms with Crippen molar-refractivity contribution in [2.75, 3.05) is 6.54 Å². The standard InChI is InChI=1S/C19H15N5OS2/c1-3-9-24-17(25)16(27-19(24)21-18-23-22-12(2)26-18)11-13-6-7-15-14(10-13)5-4-8-20-15/h3-8,10-11H,1,9H2,2H3/b16-11+,21-19+. The highest BCUT2D eigenvalue weighted by Crippen LogP contribution is 2.34. The minimum atomic E-state index is -0.0915. The first-order chi connectivity index (χ1) is 13.1. The molecule has 27 heavy (non-hydrogen) atoms. The van der Waals surface area contributed by atoms with E-state index in [0.29, 0.717) is 21.7 Å². The fourth-order valence-corrected chi connectivity index (χ4v) is 4.24. The Bertz CT molecular complexity index is 1100. The number of rotatable bonds is 4. The van der Waals surface area contributed by atoms with E-state index in [4.69, 9.17) is 0 Å². The highest BCUT2D eigenvalue weighted by atomic mass is 32.2. The lowest BCUT2D eigenvalue weighted by Gasteiger charge is -2.11. The number of pyridine rings is 1. The van der Waals surface area contributed by atoms with Gasteiger partial charge in [-0.15, -0.1) is 16.8 Å². The van der Waals surface area contributed by atoms with Gasteiger partial charge in [0.1, 0.15) is 5.01 Å². The maximum absolute atomic E-state index is 12.8. The number of amides is 1. The van der Waals surface area contributed by atoms with E-state index < -0.39 is 0 Å². The summed E-state index contributed by atoms with van der Waals surface area (Å²) >= 11 is 2.72. The van der Waals surface area contributed by atoms with E-state index in [1.165, 1.54) is 23.1 Å². The smallest absolute Gasteiger partial charge is 0.267 e. The molecule has 1 aliphatic heterocycles.